The normalized spacial score (nSPS) is 12.9. The highest BCUT2D eigenvalue weighted by Crippen LogP contribution is 2.06. The van der Waals surface area contributed by atoms with Crippen molar-refractivity contribution in [2.75, 3.05) is 0 Å². The van der Waals surface area contributed by atoms with Crippen molar-refractivity contribution in [3.63, 3.8) is 0 Å². The number of rotatable bonds is 7. The predicted octanol–water partition coefficient (Wildman–Crippen LogP) is 1.14. The molecule has 0 radical (unpaired) electrons. The van der Waals surface area contributed by atoms with Crippen LogP contribution in [0.3, 0.4) is 0 Å². The lowest BCUT2D eigenvalue weighted by atomic mass is 10.2. The SMILES string of the molecule is C=CC[C@@H](NS(=O)(=O)Cc1ccccc1)C(=O)O. The molecule has 0 fully saturated rings. The maximum absolute atomic E-state index is 11.8. The van der Waals surface area contributed by atoms with E-state index >= 15 is 0 Å². The van der Waals surface area contributed by atoms with Crippen LogP contribution in [0, 0.1) is 0 Å². The Morgan fingerprint density at radius 3 is 2.50 bits per heavy atom. The number of hydrogen-bond donors (Lipinski definition) is 2. The third kappa shape index (κ3) is 4.68. The van der Waals surface area contributed by atoms with Gasteiger partial charge in [-0.2, -0.15) is 0 Å². The van der Waals surface area contributed by atoms with Crippen LogP contribution in [0.15, 0.2) is 43.0 Å². The van der Waals surface area contributed by atoms with Crippen LogP contribution >= 0.6 is 0 Å². The first-order chi connectivity index (χ1) is 8.44. The van der Waals surface area contributed by atoms with Gasteiger partial charge in [-0.25, -0.2) is 13.1 Å². The summed E-state index contributed by atoms with van der Waals surface area (Å²) in [6.07, 6.45) is 1.41. The minimum absolute atomic E-state index is 0.0450. The molecule has 18 heavy (non-hydrogen) atoms. The van der Waals surface area contributed by atoms with Crippen molar-refractivity contribution in [3.8, 4) is 0 Å². The van der Waals surface area contributed by atoms with Crippen LogP contribution in [0.5, 0.6) is 0 Å². The summed E-state index contributed by atoms with van der Waals surface area (Å²) < 4.78 is 25.7. The molecule has 0 spiro atoms. The summed E-state index contributed by atoms with van der Waals surface area (Å²) in [5.74, 6) is -1.46. The van der Waals surface area contributed by atoms with Gasteiger partial charge in [0.15, 0.2) is 0 Å². The van der Waals surface area contributed by atoms with Gasteiger partial charge in [-0.1, -0.05) is 36.4 Å². The largest absolute Gasteiger partial charge is 0.480 e. The number of carboxylic acid groups (broad SMARTS) is 1. The molecule has 0 aliphatic heterocycles. The first-order valence-corrected chi connectivity index (χ1v) is 6.97. The van der Waals surface area contributed by atoms with Crippen LogP contribution in [0.4, 0.5) is 0 Å². The van der Waals surface area contributed by atoms with Crippen LogP contribution in [-0.4, -0.2) is 25.5 Å². The fourth-order valence-electron chi connectivity index (χ4n) is 1.42. The molecule has 0 saturated heterocycles. The van der Waals surface area contributed by atoms with Gasteiger partial charge in [0.1, 0.15) is 6.04 Å². The molecule has 0 aliphatic carbocycles. The van der Waals surface area contributed by atoms with E-state index in [4.69, 9.17) is 5.11 Å². The summed E-state index contributed by atoms with van der Waals surface area (Å²) in [6.45, 7) is 3.40. The Hall–Kier alpha value is -1.66. The summed E-state index contributed by atoms with van der Waals surface area (Å²) in [7, 11) is -3.68. The van der Waals surface area contributed by atoms with Crippen molar-refractivity contribution in [1.82, 2.24) is 4.72 Å². The quantitative estimate of drug-likeness (QED) is 0.727. The zero-order chi connectivity index (χ0) is 13.6. The average molecular weight is 269 g/mol. The second-order valence-electron chi connectivity index (χ2n) is 3.78. The standard InChI is InChI=1S/C12H15NO4S/c1-2-6-11(12(14)15)13-18(16,17)9-10-7-4-3-5-8-10/h2-5,7-8,11,13H,1,6,9H2,(H,14,15)/t11-/m1/s1. The minimum atomic E-state index is -3.68. The van der Waals surface area contributed by atoms with Gasteiger partial charge in [-0.15, -0.1) is 6.58 Å². The van der Waals surface area contributed by atoms with Gasteiger partial charge in [0.2, 0.25) is 10.0 Å². The van der Waals surface area contributed by atoms with E-state index in [0.717, 1.165) is 0 Å². The maximum Gasteiger partial charge on any atom is 0.322 e. The summed E-state index contributed by atoms with van der Waals surface area (Å²) in [5, 5.41) is 8.86. The Balaban J connectivity index is 2.75. The Labute approximate surface area is 106 Å². The Bertz CT molecular complexity index is 510. The predicted molar refractivity (Wildman–Crippen MR) is 68.4 cm³/mol. The highest BCUT2D eigenvalue weighted by Gasteiger charge is 2.22. The van der Waals surface area contributed by atoms with E-state index < -0.39 is 22.0 Å². The zero-order valence-electron chi connectivity index (χ0n) is 9.74. The molecule has 0 unspecified atom stereocenters. The third-order valence-corrected chi connectivity index (χ3v) is 3.58. The van der Waals surface area contributed by atoms with Crippen LogP contribution < -0.4 is 4.72 Å². The van der Waals surface area contributed by atoms with E-state index in [2.05, 4.69) is 11.3 Å². The molecule has 1 atom stereocenters. The number of hydrogen-bond acceptors (Lipinski definition) is 3. The van der Waals surface area contributed by atoms with Gasteiger partial charge in [0, 0.05) is 0 Å². The van der Waals surface area contributed by atoms with Gasteiger partial charge < -0.3 is 5.11 Å². The molecule has 5 nitrogen and oxygen atoms in total. The van der Waals surface area contributed by atoms with E-state index in [1.165, 1.54) is 6.08 Å². The second kappa shape index (κ2) is 6.32. The number of benzene rings is 1. The molecule has 0 aliphatic rings. The monoisotopic (exact) mass is 269 g/mol. The van der Waals surface area contributed by atoms with Gasteiger partial charge in [0.25, 0.3) is 0 Å². The molecule has 6 heteroatoms. The maximum atomic E-state index is 11.8. The highest BCUT2D eigenvalue weighted by molar-refractivity contribution is 7.88. The molecule has 0 heterocycles. The first-order valence-electron chi connectivity index (χ1n) is 5.32. The van der Waals surface area contributed by atoms with Crippen LogP contribution in [0.1, 0.15) is 12.0 Å². The van der Waals surface area contributed by atoms with Gasteiger partial charge in [-0.3, -0.25) is 4.79 Å². The summed E-state index contributed by atoms with van der Waals surface area (Å²) in [6, 6.07) is 7.40. The molecular weight excluding hydrogens is 254 g/mol. The van der Waals surface area contributed by atoms with Crippen molar-refractivity contribution in [3.05, 3.63) is 48.6 Å². The third-order valence-electron chi connectivity index (χ3n) is 2.22. The van der Waals surface area contributed by atoms with E-state index in [-0.39, 0.29) is 12.2 Å². The van der Waals surface area contributed by atoms with Gasteiger partial charge in [-0.05, 0) is 12.0 Å². The van der Waals surface area contributed by atoms with Crippen molar-refractivity contribution in [2.24, 2.45) is 0 Å². The van der Waals surface area contributed by atoms with E-state index in [1.807, 2.05) is 0 Å². The second-order valence-corrected chi connectivity index (χ2v) is 5.53. The molecule has 0 saturated carbocycles. The lowest BCUT2D eigenvalue weighted by Crippen LogP contribution is -2.40. The number of carboxylic acids is 1. The van der Waals surface area contributed by atoms with Crippen LogP contribution in [0.25, 0.3) is 0 Å². The Morgan fingerprint density at radius 1 is 1.39 bits per heavy atom. The molecule has 1 aromatic carbocycles. The van der Waals surface area contributed by atoms with E-state index in [9.17, 15) is 13.2 Å². The van der Waals surface area contributed by atoms with Crippen molar-refractivity contribution in [2.45, 2.75) is 18.2 Å². The van der Waals surface area contributed by atoms with Crippen LogP contribution in [-0.2, 0) is 20.6 Å². The molecular formula is C12H15NO4S. The molecule has 0 aromatic heterocycles. The van der Waals surface area contributed by atoms with Crippen LogP contribution in [0.2, 0.25) is 0 Å². The zero-order valence-corrected chi connectivity index (χ0v) is 10.6. The van der Waals surface area contributed by atoms with E-state index in [1.54, 1.807) is 30.3 Å². The Morgan fingerprint density at radius 2 is 2.00 bits per heavy atom. The van der Waals surface area contributed by atoms with Crippen molar-refractivity contribution >= 4 is 16.0 Å². The summed E-state index contributed by atoms with van der Waals surface area (Å²) in [5.41, 5.74) is 0.604. The lowest BCUT2D eigenvalue weighted by Gasteiger charge is -2.12. The van der Waals surface area contributed by atoms with Gasteiger partial charge >= 0.3 is 5.97 Å². The first kappa shape index (κ1) is 14.4. The fourth-order valence-corrected chi connectivity index (χ4v) is 2.76. The number of aliphatic carboxylic acids is 1. The number of nitrogens with one attached hydrogen (secondary N) is 1. The van der Waals surface area contributed by atoms with Crippen molar-refractivity contribution in [1.29, 1.82) is 0 Å². The molecule has 98 valence electrons. The topological polar surface area (TPSA) is 83.5 Å². The smallest absolute Gasteiger partial charge is 0.322 e. The van der Waals surface area contributed by atoms with E-state index in [0.29, 0.717) is 5.56 Å². The molecule has 0 amide bonds. The Kier molecular flexibility index (Phi) is 5.06. The average Bonchev–Trinajstić information content (AvgIpc) is 2.28. The summed E-state index contributed by atoms with van der Waals surface area (Å²) in [4.78, 5) is 10.8. The fraction of sp³-hybridized carbons (Fsp3) is 0.250. The molecule has 1 rings (SSSR count). The molecule has 2 N–H and O–H groups in total. The molecule has 0 bridgehead atoms. The minimum Gasteiger partial charge on any atom is -0.480 e. The lowest BCUT2D eigenvalue weighted by molar-refractivity contribution is -0.138. The summed E-state index contributed by atoms with van der Waals surface area (Å²) >= 11 is 0. The molecule has 1 aromatic rings. The van der Waals surface area contributed by atoms with Gasteiger partial charge in [0.05, 0.1) is 5.75 Å². The van der Waals surface area contributed by atoms with Crippen molar-refractivity contribution < 1.29 is 18.3 Å². The number of sulfonamides is 1. The number of carbonyl (C=O) groups is 1. The highest BCUT2D eigenvalue weighted by atomic mass is 32.2.